The van der Waals surface area contributed by atoms with E-state index < -0.39 is 16.4 Å². The van der Waals surface area contributed by atoms with Gasteiger partial charge in [-0.1, -0.05) is 18.2 Å². The first-order chi connectivity index (χ1) is 10.1. The molecule has 0 atom stereocenters. The van der Waals surface area contributed by atoms with Crippen LogP contribution in [0.5, 0.6) is 0 Å². The summed E-state index contributed by atoms with van der Waals surface area (Å²) < 4.78 is 13.7. The van der Waals surface area contributed by atoms with Gasteiger partial charge >= 0.3 is 5.69 Å². The molecule has 0 aliphatic carbocycles. The third-order valence-corrected chi connectivity index (χ3v) is 3.79. The van der Waals surface area contributed by atoms with E-state index in [9.17, 15) is 14.5 Å². The van der Waals surface area contributed by atoms with Crippen molar-refractivity contribution in [1.82, 2.24) is 0 Å². The highest BCUT2D eigenvalue weighted by atomic mass is 19.1. The van der Waals surface area contributed by atoms with Gasteiger partial charge in [0.2, 0.25) is 5.82 Å². The van der Waals surface area contributed by atoms with Crippen LogP contribution in [0.25, 0.3) is 0 Å². The average molecular weight is 287 g/mol. The Labute approximate surface area is 120 Å². The predicted octanol–water partition coefficient (Wildman–Crippen LogP) is 2.88. The van der Waals surface area contributed by atoms with Gasteiger partial charge in [0.25, 0.3) is 0 Å². The molecule has 0 fully saturated rings. The van der Waals surface area contributed by atoms with Gasteiger partial charge in [-0.25, -0.2) is 0 Å². The van der Waals surface area contributed by atoms with Crippen molar-refractivity contribution in [1.29, 1.82) is 0 Å². The number of hydrogen-bond donors (Lipinski definition) is 1. The van der Waals surface area contributed by atoms with Crippen molar-refractivity contribution in [3.8, 4) is 0 Å². The molecule has 108 valence electrons. The van der Waals surface area contributed by atoms with E-state index in [1.165, 1.54) is 6.07 Å². The highest BCUT2D eigenvalue weighted by Crippen LogP contribution is 2.34. The van der Waals surface area contributed by atoms with E-state index in [0.717, 1.165) is 22.9 Å². The number of fused-ring (bicyclic) bond motifs is 1. The van der Waals surface area contributed by atoms with Crippen molar-refractivity contribution in [2.45, 2.75) is 13.0 Å². The van der Waals surface area contributed by atoms with E-state index in [1.54, 1.807) is 6.07 Å². The van der Waals surface area contributed by atoms with Gasteiger partial charge in [-0.05, 0) is 35.7 Å². The van der Waals surface area contributed by atoms with Crippen molar-refractivity contribution in [3.05, 3.63) is 63.5 Å². The maximum absolute atomic E-state index is 13.7. The number of nitro benzene ring substituents is 1. The number of nitrogens with zero attached hydrogens (tertiary/aromatic N) is 2. The van der Waals surface area contributed by atoms with Gasteiger partial charge in [0.1, 0.15) is 5.69 Å². The van der Waals surface area contributed by atoms with Crippen LogP contribution in [-0.2, 0) is 13.0 Å². The normalized spacial score (nSPS) is 13.9. The minimum Gasteiger partial charge on any atom is -0.398 e. The molecule has 0 radical (unpaired) electrons. The summed E-state index contributed by atoms with van der Waals surface area (Å²) in [6.45, 7) is 1.07. The Morgan fingerprint density at radius 2 is 2.00 bits per heavy atom. The van der Waals surface area contributed by atoms with Crippen molar-refractivity contribution in [2.75, 3.05) is 17.2 Å². The first kappa shape index (κ1) is 13.4. The highest BCUT2D eigenvalue weighted by Gasteiger charge is 2.27. The van der Waals surface area contributed by atoms with Crippen molar-refractivity contribution >= 4 is 17.1 Å². The van der Waals surface area contributed by atoms with Crippen molar-refractivity contribution < 1.29 is 9.31 Å². The zero-order valence-electron chi connectivity index (χ0n) is 11.3. The number of rotatable bonds is 2. The zero-order valence-corrected chi connectivity index (χ0v) is 11.3. The molecular weight excluding hydrogens is 273 g/mol. The molecule has 0 aromatic heterocycles. The highest BCUT2D eigenvalue weighted by molar-refractivity contribution is 5.65. The Balaban J connectivity index is 2.01. The van der Waals surface area contributed by atoms with Crippen molar-refractivity contribution in [3.63, 3.8) is 0 Å². The number of benzene rings is 2. The van der Waals surface area contributed by atoms with Gasteiger partial charge in [-0.3, -0.25) is 10.1 Å². The molecule has 0 bridgehead atoms. The molecular formula is C15H14FN3O2. The SMILES string of the molecule is Nc1cccc2c1CCN(c1cccc(F)c1[N+](=O)[O-])C2. The van der Waals surface area contributed by atoms with Gasteiger partial charge in [0.15, 0.2) is 0 Å². The lowest BCUT2D eigenvalue weighted by atomic mass is 9.97. The van der Waals surface area contributed by atoms with E-state index in [1.807, 2.05) is 23.1 Å². The third-order valence-electron chi connectivity index (χ3n) is 3.79. The fourth-order valence-corrected chi connectivity index (χ4v) is 2.78. The molecule has 0 saturated carbocycles. The molecule has 3 rings (SSSR count). The molecule has 1 aliphatic heterocycles. The first-order valence-corrected chi connectivity index (χ1v) is 6.62. The van der Waals surface area contributed by atoms with Crippen LogP contribution in [0.15, 0.2) is 36.4 Å². The van der Waals surface area contributed by atoms with Crippen LogP contribution in [0.2, 0.25) is 0 Å². The summed E-state index contributed by atoms with van der Waals surface area (Å²) >= 11 is 0. The first-order valence-electron chi connectivity index (χ1n) is 6.62. The summed E-state index contributed by atoms with van der Waals surface area (Å²) in [7, 11) is 0. The smallest absolute Gasteiger partial charge is 0.327 e. The van der Waals surface area contributed by atoms with E-state index in [4.69, 9.17) is 5.73 Å². The van der Waals surface area contributed by atoms with Crippen LogP contribution in [0, 0.1) is 15.9 Å². The average Bonchev–Trinajstić information content (AvgIpc) is 2.46. The molecule has 2 aromatic rings. The molecule has 2 aromatic carbocycles. The van der Waals surface area contributed by atoms with E-state index in [2.05, 4.69) is 0 Å². The monoisotopic (exact) mass is 287 g/mol. The van der Waals surface area contributed by atoms with Crippen LogP contribution in [-0.4, -0.2) is 11.5 Å². The minimum absolute atomic E-state index is 0.313. The molecule has 5 nitrogen and oxygen atoms in total. The standard InChI is InChI=1S/C15H14FN3O2/c16-12-4-2-6-14(15(12)19(20)21)18-8-7-11-10(9-18)3-1-5-13(11)17/h1-6H,7-9,17H2. The Morgan fingerprint density at radius 3 is 2.76 bits per heavy atom. The maximum atomic E-state index is 13.7. The van der Waals surface area contributed by atoms with Gasteiger partial charge in [-0.2, -0.15) is 4.39 Å². The molecule has 0 saturated heterocycles. The summed E-state index contributed by atoms with van der Waals surface area (Å²) in [5.41, 5.74) is 8.63. The van der Waals surface area contributed by atoms with E-state index in [-0.39, 0.29) is 0 Å². The fourth-order valence-electron chi connectivity index (χ4n) is 2.78. The molecule has 21 heavy (non-hydrogen) atoms. The largest absolute Gasteiger partial charge is 0.398 e. The van der Waals surface area contributed by atoms with Gasteiger partial charge in [0.05, 0.1) is 4.92 Å². The Hall–Kier alpha value is -2.63. The van der Waals surface area contributed by atoms with Crippen LogP contribution < -0.4 is 10.6 Å². The number of para-hydroxylation sites is 1. The maximum Gasteiger partial charge on any atom is 0.327 e. The quantitative estimate of drug-likeness (QED) is 0.523. The zero-order chi connectivity index (χ0) is 15.0. The Kier molecular flexibility index (Phi) is 3.21. The number of nitrogen functional groups attached to an aromatic ring is 1. The number of halogens is 1. The Bertz CT molecular complexity index is 718. The second-order valence-corrected chi connectivity index (χ2v) is 5.02. The summed E-state index contributed by atoms with van der Waals surface area (Å²) in [5, 5.41) is 11.1. The van der Waals surface area contributed by atoms with Gasteiger partial charge in [0, 0.05) is 18.8 Å². The molecule has 2 N–H and O–H groups in total. The summed E-state index contributed by atoms with van der Waals surface area (Å²) in [6.07, 6.45) is 0.690. The van der Waals surface area contributed by atoms with Crippen LogP contribution in [0.4, 0.5) is 21.5 Å². The van der Waals surface area contributed by atoms with Crippen molar-refractivity contribution in [2.24, 2.45) is 0 Å². The molecule has 1 heterocycles. The van der Waals surface area contributed by atoms with Crippen LogP contribution in [0.1, 0.15) is 11.1 Å². The van der Waals surface area contributed by atoms with E-state index >= 15 is 0 Å². The van der Waals surface area contributed by atoms with Gasteiger partial charge < -0.3 is 10.6 Å². The molecule has 1 aliphatic rings. The Morgan fingerprint density at radius 1 is 1.24 bits per heavy atom. The lowest BCUT2D eigenvalue weighted by molar-refractivity contribution is -0.386. The topological polar surface area (TPSA) is 72.4 Å². The fraction of sp³-hybridized carbons (Fsp3) is 0.200. The lowest BCUT2D eigenvalue weighted by Crippen LogP contribution is -2.31. The third kappa shape index (κ3) is 2.29. The predicted molar refractivity (Wildman–Crippen MR) is 78.7 cm³/mol. The summed E-state index contributed by atoms with van der Waals surface area (Å²) in [5.74, 6) is -0.809. The summed E-state index contributed by atoms with van der Waals surface area (Å²) in [4.78, 5) is 12.3. The second kappa shape index (κ2) is 5.05. The second-order valence-electron chi connectivity index (χ2n) is 5.02. The molecule has 6 heteroatoms. The lowest BCUT2D eigenvalue weighted by Gasteiger charge is -2.31. The summed E-state index contributed by atoms with van der Waals surface area (Å²) in [6, 6.07) is 9.84. The number of hydrogen-bond acceptors (Lipinski definition) is 4. The van der Waals surface area contributed by atoms with Crippen LogP contribution >= 0.6 is 0 Å². The molecule has 0 unspecified atom stereocenters. The minimum atomic E-state index is -0.809. The van der Waals surface area contributed by atoms with Gasteiger partial charge in [-0.15, -0.1) is 0 Å². The number of anilines is 2. The van der Waals surface area contributed by atoms with Crippen LogP contribution in [0.3, 0.4) is 0 Å². The number of nitro groups is 1. The number of nitrogens with two attached hydrogens (primary N) is 1. The molecule has 0 spiro atoms. The molecule has 0 amide bonds. The van der Waals surface area contributed by atoms with E-state index in [0.29, 0.717) is 25.2 Å².